The maximum atomic E-state index is 5.82. The molecule has 0 amide bonds. The molecular weight excluding hydrogens is 188 g/mol. The summed E-state index contributed by atoms with van der Waals surface area (Å²) >= 11 is 0. The molecule has 0 atom stereocenters. The van der Waals surface area contributed by atoms with E-state index in [-0.39, 0.29) is 0 Å². The standard InChI is InChI=1S/C12H10N2O/c13-10-9-6-8(12(15-9)11(10)14)7-4-2-1-3-5-7/h1-6H,13-14H2. The summed E-state index contributed by atoms with van der Waals surface area (Å²) < 4.78 is 5.48. The Labute approximate surface area is 86.6 Å². The van der Waals surface area contributed by atoms with E-state index < -0.39 is 0 Å². The average Bonchev–Trinajstić information content (AvgIpc) is 2.82. The van der Waals surface area contributed by atoms with E-state index in [0.29, 0.717) is 22.5 Å². The molecule has 15 heavy (non-hydrogen) atoms. The Hall–Kier alpha value is -2.16. The van der Waals surface area contributed by atoms with Crippen molar-refractivity contribution in [2.75, 3.05) is 11.5 Å². The molecule has 4 N–H and O–H groups in total. The fourth-order valence-electron chi connectivity index (χ4n) is 1.81. The molecule has 2 bridgehead atoms. The molecule has 2 aromatic heterocycles. The van der Waals surface area contributed by atoms with Crippen molar-refractivity contribution < 1.29 is 4.42 Å². The molecule has 3 aromatic rings. The minimum Gasteiger partial charge on any atom is -0.452 e. The van der Waals surface area contributed by atoms with Crippen LogP contribution in [-0.4, -0.2) is 0 Å². The highest BCUT2D eigenvalue weighted by Crippen LogP contribution is 2.41. The molecule has 0 aliphatic carbocycles. The predicted molar refractivity (Wildman–Crippen MR) is 61.7 cm³/mol. The van der Waals surface area contributed by atoms with Crippen LogP contribution < -0.4 is 11.5 Å². The molecule has 0 aliphatic rings. The lowest BCUT2D eigenvalue weighted by Gasteiger charge is -2.00. The number of fused-ring (bicyclic) bond motifs is 2. The summed E-state index contributed by atoms with van der Waals surface area (Å²) in [6, 6.07) is 11.9. The van der Waals surface area contributed by atoms with E-state index in [4.69, 9.17) is 15.9 Å². The summed E-state index contributed by atoms with van der Waals surface area (Å²) in [4.78, 5) is 0. The smallest absolute Gasteiger partial charge is 0.160 e. The zero-order chi connectivity index (χ0) is 10.4. The molecule has 3 rings (SSSR count). The number of rotatable bonds is 1. The number of nitrogens with two attached hydrogens (primary N) is 2. The van der Waals surface area contributed by atoms with Crippen molar-refractivity contribution in [2.24, 2.45) is 0 Å². The SMILES string of the molecule is Nc1c(N)c2oc1cc2-c1ccccc1. The van der Waals surface area contributed by atoms with Crippen LogP contribution >= 0.6 is 0 Å². The van der Waals surface area contributed by atoms with Crippen LogP contribution in [0, 0.1) is 0 Å². The van der Waals surface area contributed by atoms with Crippen molar-refractivity contribution in [3.05, 3.63) is 36.4 Å². The first-order valence-electron chi connectivity index (χ1n) is 4.72. The van der Waals surface area contributed by atoms with E-state index >= 15 is 0 Å². The first kappa shape index (κ1) is 8.17. The third-order valence-corrected chi connectivity index (χ3v) is 2.62. The summed E-state index contributed by atoms with van der Waals surface area (Å²) in [5.41, 5.74) is 16.1. The van der Waals surface area contributed by atoms with Gasteiger partial charge in [-0.05, 0) is 11.6 Å². The summed E-state index contributed by atoms with van der Waals surface area (Å²) in [6.45, 7) is 0. The van der Waals surface area contributed by atoms with Gasteiger partial charge in [-0.1, -0.05) is 30.3 Å². The third-order valence-electron chi connectivity index (χ3n) is 2.62. The average molecular weight is 198 g/mol. The van der Waals surface area contributed by atoms with Crippen LogP contribution in [0.4, 0.5) is 11.4 Å². The van der Waals surface area contributed by atoms with Crippen molar-refractivity contribution >= 4 is 22.5 Å². The molecule has 0 saturated heterocycles. The minimum absolute atomic E-state index is 0.546. The Morgan fingerprint density at radius 3 is 2.27 bits per heavy atom. The number of hydrogen-bond acceptors (Lipinski definition) is 3. The molecule has 0 spiro atoms. The van der Waals surface area contributed by atoms with Gasteiger partial charge >= 0.3 is 0 Å². The van der Waals surface area contributed by atoms with E-state index in [1.54, 1.807) is 0 Å². The molecule has 2 heterocycles. The molecule has 0 fully saturated rings. The van der Waals surface area contributed by atoms with Crippen LogP contribution in [0.15, 0.2) is 40.8 Å². The highest BCUT2D eigenvalue weighted by atomic mass is 16.3. The Kier molecular flexibility index (Phi) is 1.45. The zero-order valence-corrected chi connectivity index (χ0v) is 8.03. The van der Waals surface area contributed by atoms with Crippen molar-refractivity contribution in [1.82, 2.24) is 0 Å². The Morgan fingerprint density at radius 1 is 0.933 bits per heavy atom. The molecule has 0 unspecified atom stereocenters. The number of nitrogen functional groups attached to an aromatic ring is 2. The van der Waals surface area contributed by atoms with Crippen LogP contribution in [0.5, 0.6) is 0 Å². The summed E-state index contributed by atoms with van der Waals surface area (Å²) in [5, 5.41) is 0. The van der Waals surface area contributed by atoms with Gasteiger partial charge in [0, 0.05) is 5.56 Å². The maximum Gasteiger partial charge on any atom is 0.160 e. The molecule has 0 aliphatic heterocycles. The summed E-state index contributed by atoms with van der Waals surface area (Å²) in [5.74, 6) is 0. The van der Waals surface area contributed by atoms with Gasteiger partial charge in [0.05, 0.1) is 0 Å². The monoisotopic (exact) mass is 198 g/mol. The molecular formula is C12H10N2O. The largest absolute Gasteiger partial charge is 0.452 e. The topological polar surface area (TPSA) is 65.2 Å². The molecule has 3 heteroatoms. The highest BCUT2D eigenvalue weighted by molar-refractivity contribution is 6.03. The third kappa shape index (κ3) is 1.00. The minimum atomic E-state index is 0.546. The van der Waals surface area contributed by atoms with E-state index in [2.05, 4.69) is 0 Å². The van der Waals surface area contributed by atoms with Gasteiger partial charge in [-0.2, -0.15) is 0 Å². The lowest BCUT2D eigenvalue weighted by atomic mass is 10.0. The van der Waals surface area contributed by atoms with Crippen LogP contribution in [-0.2, 0) is 0 Å². The van der Waals surface area contributed by atoms with Crippen molar-refractivity contribution in [1.29, 1.82) is 0 Å². The van der Waals surface area contributed by atoms with Crippen molar-refractivity contribution in [3.63, 3.8) is 0 Å². The maximum absolute atomic E-state index is 5.82. The van der Waals surface area contributed by atoms with Gasteiger partial charge in [0.2, 0.25) is 0 Å². The first-order valence-corrected chi connectivity index (χ1v) is 4.72. The number of benzene rings is 2. The van der Waals surface area contributed by atoms with Crippen LogP contribution in [0.1, 0.15) is 0 Å². The molecule has 74 valence electrons. The summed E-state index contributed by atoms with van der Waals surface area (Å²) in [6.07, 6.45) is 0. The van der Waals surface area contributed by atoms with E-state index in [9.17, 15) is 0 Å². The van der Waals surface area contributed by atoms with Gasteiger partial charge in [0.15, 0.2) is 11.2 Å². The van der Waals surface area contributed by atoms with Gasteiger partial charge in [-0.25, -0.2) is 0 Å². The Bertz CT molecular complexity index is 598. The van der Waals surface area contributed by atoms with Gasteiger partial charge in [-0.3, -0.25) is 0 Å². The van der Waals surface area contributed by atoms with Crippen LogP contribution in [0.2, 0.25) is 0 Å². The second-order valence-electron chi connectivity index (χ2n) is 3.55. The number of hydrogen-bond donors (Lipinski definition) is 2. The predicted octanol–water partition coefficient (Wildman–Crippen LogP) is 2.70. The molecule has 0 radical (unpaired) electrons. The van der Waals surface area contributed by atoms with Gasteiger partial charge in [-0.15, -0.1) is 0 Å². The van der Waals surface area contributed by atoms with Crippen molar-refractivity contribution in [2.45, 2.75) is 0 Å². The molecule has 1 aromatic carbocycles. The van der Waals surface area contributed by atoms with Crippen LogP contribution in [0.3, 0.4) is 0 Å². The highest BCUT2D eigenvalue weighted by Gasteiger charge is 2.17. The normalized spacial score (nSPS) is 11.2. The first-order chi connectivity index (χ1) is 7.27. The Balaban J connectivity index is 2.28. The lowest BCUT2D eigenvalue weighted by molar-refractivity contribution is 0.677. The van der Waals surface area contributed by atoms with E-state index in [1.807, 2.05) is 36.4 Å². The number of anilines is 2. The molecule has 3 nitrogen and oxygen atoms in total. The fraction of sp³-hybridized carbons (Fsp3) is 0. The quantitative estimate of drug-likeness (QED) is 0.591. The van der Waals surface area contributed by atoms with Gasteiger partial charge in [0.1, 0.15) is 11.4 Å². The second kappa shape index (κ2) is 2.67. The van der Waals surface area contributed by atoms with Crippen molar-refractivity contribution in [3.8, 4) is 11.1 Å². The zero-order valence-electron chi connectivity index (χ0n) is 8.03. The van der Waals surface area contributed by atoms with E-state index in [0.717, 1.165) is 11.1 Å². The Morgan fingerprint density at radius 2 is 1.67 bits per heavy atom. The van der Waals surface area contributed by atoms with Gasteiger partial charge in [0.25, 0.3) is 0 Å². The van der Waals surface area contributed by atoms with Crippen LogP contribution in [0.25, 0.3) is 22.3 Å². The second-order valence-corrected chi connectivity index (χ2v) is 3.55. The van der Waals surface area contributed by atoms with Gasteiger partial charge < -0.3 is 15.9 Å². The number of furan rings is 2. The van der Waals surface area contributed by atoms with E-state index in [1.165, 1.54) is 0 Å². The fourth-order valence-corrected chi connectivity index (χ4v) is 1.81. The summed E-state index contributed by atoms with van der Waals surface area (Å²) in [7, 11) is 0. The molecule has 0 saturated carbocycles. The lowest BCUT2D eigenvalue weighted by Crippen LogP contribution is -1.92.